The van der Waals surface area contributed by atoms with Gasteiger partial charge in [0.15, 0.2) is 5.78 Å². The average Bonchev–Trinajstić information content (AvgIpc) is 3.35. The van der Waals surface area contributed by atoms with Gasteiger partial charge in [-0.05, 0) is 12.5 Å². The van der Waals surface area contributed by atoms with E-state index >= 15 is 0 Å². The maximum atomic E-state index is 14.4. The number of likely N-dealkylation sites (tertiary alicyclic amines) is 1. The van der Waals surface area contributed by atoms with E-state index in [1.165, 1.54) is 6.07 Å². The molecule has 3 aliphatic rings. The molecule has 0 saturated carbocycles. The van der Waals surface area contributed by atoms with Gasteiger partial charge in [0.2, 0.25) is 11.8 Å². The number of ketones is 1. The molecule has 2 aromatic rings. The molecule has 2 saturated heterocycles. The number of hydrogen-bond donors (Lipinski definition) is 0. The van der Waals surface area contributed by atoms with Crippen molar-refractivity contribution in [3.05, 3.63) is 40.7 Å². The zero-order valence-electron chi connectivity index (χ0n) is 18.6. The third-order valence-electron chi connectivity index (χ3n) is 6.31. The average molecular weight is 474 g/mol. The van der Waals surface area contributed by atoms with Crippen molar-refractivity contribution in [3.8, 4) is 17.0 Å². The Balaban J connectivity index is 1.31. The van der Waals surface area contributed by atoms with Crippen LogP contribution in [0.15, 0.2) is 34.1 Å². The van der Waals surface area contributed by atoms with Gasteiger partial charge in [0.1, 0.15) is 17.7 Å². The van der Waals surface area contributed by atoms with Crippen molar-refractivity contribution in [2.24, 2.45) is 10.4 Å². The molecule has 0 bridgehead atoms. The second-order valence-corrected chi connectivity index (χ2v) is 9.57. The summed E-state index contributed by atoms with van der Waals surface area (Å²) in [6.07, 6.45) is 3.86. The molecule has 0 spiro atoms. The molecule has 5 heterocycles. The lowest BCUT2D eigenvalue weighted by atomic mass is 9.89. The Labute approximate surface area is 196 Å². The van der Waals surface area contributed by atoms with Crippen LogP contribution < -0.4 is 4.74 Å². The standard InChI is InChI=1S/C23H25ClFN5O3/c1-14-17(7-27-30(14)11-23(2)12-32-13-23)15-5-20(25)28-21(6-15)33-16-3-4-29(10-16)18-8-26-9-19(31)22(18)24/h5-8,16H,3-4,9-13H2,1-2H3/t16-/m1/s1. The molecule has 2 aromatic heterocycles. The van der Waals surface area contributed by atoms with Gasteiger partial charge in [0.25, 0.3) is 0 Å². The van der Waals surface area contributed by atoms with E-state index in [-0.39, 0.29) is 34.8 Å². The van der Waals surface area contributed by atoms with Crippen molar-refractivity contribution in [1.82, 2.24) is 19.7 Å². The molecule has 0 aromatic carbocycles. The summed E-state index contributed by atoms with van der Waals surface area (Å²) in [5.41, 5.74) is 3.15. The maximum Gasteiger partial charge on any atom is 0.216 e. The summed E-state index contributed by atoms with van der Waals surface area (Å²) in [5.74, 6) is -0.582. The number of dihydropyridines is 1. The van der Waals surface area contributed by atoms with E-state index in [0.717, 1.165) is 17.8 Å². The van der Waals surface area contributed by atoms with E-state index in [0.29, 0.717) is 44.0 Å². The number of aliphatic imine (C=N–C) groups is 1. The highest BCUT2D eigenvalue weighted by Crippen LogP contribution is 2.32. The Morgan fingerprint density at radius 1 is 1.36 bits per heavy atom. The van der Waals surface area contributed by atoms with Crippen molar-refractivity contribution < 1.29 is 18.7 Å². The smallest absolute Gasteiger partial charge is 0.216 e. The molecule has 1 atom stereocenters. The highest BCUT2D eigenvalue weighted by atomic mass is 35.5. The topological polar surface area (TPSA) is 81.8 Å². The van der Waals surface area contributed by atoms with Gasteiger partial charge in [-0.3, -0.25) is 14.5 Å². The number of ether oxygens (including phenoxy) is 2. The molecule has 0 N–H and O–H groups in total. The first-order valence-electron chi connectivity index (χ1n) is 10.9. The van der Waals surface area contributed by atoms with Crippen molar-refractivity contribution in [2.75, 3.05) is 32.8 Å². The number of aromatic nitrogens is 3. The minimum atomic E-state index is -0.611. The number of pyridine rings is 1. The van der Waals surface area contributed by atoms with E-state index in [1.807, 2.05) is 16.5 Å². The van der Waals surface area contributed by atoms with Crippen LogP contribution >= 0.6 is 11.6 Å². The number of allylic oxidation sites excluding steroid dienone is 1. The van der Waals surface area contributed by atoms with Gasteiger partial charge in [-0.2, -0.15) is 14.5 Å². The fraction of sp³-hybridized carbons (Fsp3) is 0.478. The number of nitrogens with zero attached hydrogens (tertiary/aromatic N) is 5. The van der Waals surface area contributed by atoms with Crippen LogP contribution in [0.25, 0.3) is 11.1 Å². The quantitative estimate of drug-likeness (QED) is 0.600. The van der Waals surface area contributed by atoms with Gasteiger partial charge in [-0.25, -0.2) is 0 Å². The van der Waals surface area contributed by atoms with Crippen molar-refractivity contribution in [2.45, 2.75) is 32.9 Å². The predicted molar refractivity (Wildman–Crippen MR) is 121 cm³/mol. The van der Waals surface area contributed by atoms with Gasteiger partial charge in [0.05, 0.1) is 38.2 Å². The fourth-order valence-corrected chi connectivity index (χ4v) is 4.63. The van der Waals surface area contributed by atoms with Crippen LogP contribution in [0, 0.1) is 18.3 Å². The molecule has 0 amide bonds. The summed E-state index contributed by atoms with van der Waals surface area (Å²) in [5, 5.41) is 4.71. The molecule has 33 heavy (non-hydrogen) atoms. The summed E-state index contributed by atoms with van der Waals surface area (Å²) in [4.78, 5) is 21.8. The Kier molecular flexibility index (Phi) is 5.70. The molecule has 0 aliphatic carbocycles. The fourth-order valence-electron chi connectivity index (χ4n) is 4.40. The Morgan fingerprint density at radius 2 is 2.18 bits per heavy atom. The van der Waals surface area contributed by atoms with Crippen molar-refractivity contribution in [3.63, 3.8) is 0 Å². The number of carbonyl (C=O) groups excluding carboxylic acids is 1. The minimum absolute atomic E-state index is 0.0755. The molecule has 2 fully saturated rings. The number of rotatable bonds is 6. The molecule has 10 heteroatoms. The monoisotopic (exact) mass is 473 g/mol. The largest absolute Gasteiger partial charge is 0.472 e. The maximum absolute atomic E-state index is 14.4. The number of hydrogen-bond acceptors (Lipinski definition) is 7. The summed E-state index contributed by atoms with van der Waals surface area (Å²) < 4.78 is 27.7. The summed E-state index contributed by atoms with van der Waals surface area (Å²) in [7, 11) is 0. The number of carbonyl (C=O) groups is 1. The lowest BCUT2D eigenvalue weighted by Gasteiger charge is -2.38. The SMILES string of the molecule is Cc1c(-c2cc(F)nc(O[C@@H]3CCN(C4=C(Cl)C(=O)CN=C4)C3)c2)cnn1CC1(C)COC1. The third kappa shape index (κ3) is 4.39. The molecular weight excluding hydrogens is 449 g/mol. The number of halogens is 2. The first kappa shape index (κ1) is 22.0. The van der Waals surface area contributed by atoms with Crippen LogP contribution in [0.4, 0.5) is 4.39 Å². The second-order valence-electron chi connectivity index (χ2n) is 9.19. The van der Waals surface area contributed by atoms with Crippen LogP contribution in [-0.2, 0) is 16.1 Å². The Bertz CT molecular complexity index is 1160. The zero-order valence-corrected chi connectivity index (χ0v) is 19.3. The van der Waals surface area contributed by atoms with Gasteiger partial charge >= 0.3 is 0 Å². The van der Waals surface area contributed by atoms with E-state index in [4.69, 9.17) is 21.1 Å². The predicted octanol–water partition coefficient (Wildman–Crippen LogP) is 2.99. The summed E-state index contributed by atoms with van der Waals surface area (Å²) in [6, 6.07) is 3.14. The highest BCUT2D eigenvalue weighted by molar-refractivity contribution is 6.44. The molecule has 3 aliphatic heterocycles. The Morgan fingerprint density at radius 3 is 2.94 bits per heavy atom. The molecular formula is C23H25ClFN5O3. The lowest BCUT2D eigenvalue weighted by Crippen LogP contribution is -2.43. The molecule has 174 valence electrons. The van der Waals surface area contributed by atoms with Crippen LogP contribution in [-0.4, -0.2) is 70.6 Å². The molecule has 0 radical (unpaired) electrons. The van der Waals surface area contributed by atoms with Gasteiger partial charge in [-0.1, -0.05) is 18.5 Å². The minimum Gasteiger partial charge on any atom is -0.472 e. The summed E-state index contributed by atoms with van der Waals surface area (Å²) in [6.45, 7) is 7.56. The summed E-state index contributed by atoms with van der Waals surface area (Å²) >= 11 is 6.18. The normalized spacial score (nSPS) is 22.1. The second kappa shape index (κ2) is 8.53. The van der Waals surface area contributed by atoms with Gasteiger partial charge < -0.3 is 14.4 Å². The van der Waals surface area contributed by atoms with E-state index in [9.17, 15) is 9.18 Å². The number of Topliss-reactive ketones (excluding diaryl/α,β-unsaturated/α-hetero) is 1. The van der Waals surface area contributed by atoms with Crippen LogP contribution in [0.1, 0.15) is 19.0 Å². The van der Waals surface area contributed by atoms with Crippen molar-refractivity contribution in [1.29, 1.82) is 0 Å². The lowest BCUT2D eigenvalue weighted by molar-refractivity contribution is -0.113. The van der Waals surface area contributed by atoms with E-state index in [2.05, 4.69) is 22.0 Å². The highest BCUT2D eigenvalue weighted by Gasteiger charge is 2.35. The Hall–Kier alpha value is -2.78. The van der Waals surface area contributed by atoms with E-state index < -0.39 is 5.95 Å². The van der Waals surface area contributed by atoms with Crippen LogP contribution in [0.2, 0.25) is 0 Å². The molecule has 8 nitrogen and oxygen atoms in total. The van der Waals surface area contributed by atoms with Crippen LogP contribution in [0.5, 0.6) is 5.88 Å². The third-order valence-corrected chi connectivity index (χ3v) is 6.71. The first-order valence-corrected chi connectivity index (χ1v) is 11.3. The van der Waals surface area contributed by atoms with Crippen molar-refractivity contribution >= 4 is 23.6 Å². The molecule has 0 unspecified atom stereocenters. The van der Waals surface area contributed by atoms with Crippen LogP contribution in [0.3, 0.4) is 0 Å². The van der Waals surface area contributed by atoms with Gasteiger partial charge in [0, 0.05) is 48.0 Å². The van der Waals surface area contributed by atoms with Gasteiger partial charge in [-0.15, -0.1) is 0 Å². The first-order chi connectivity index (χ1) is 15.8. The zero-order chi connectivity index (χ0) is 23.2. The molecule has 5 rings (SSSR count). The van der Waals surface area contributed by atoms with E-state index in [1.54, 1.807) is 18.5 Å².